The first-order chi connectivity index (χ1) is 48.0. The van der Waals surface area contributed by atoms with Gasteiger partial charge in [-0.15, -0.1) is 0 Å². The Morgan fingerprint density at radius 1 is 0.485 bits per heavy atom. The van der Waals surface area contributed by atoms with Gasteiger partial charge in [0.25, 0.3) is 6.08 Å². The molecule has 7 fully saturated rings. The summed E-state index contributed by atoms with van der Waals surface area (Å²) in [6.07, 6.45) is -11.6. The summed E-state index contributed by atoms with van der Waals surface area (Å²) in [6.45, 7) is 2.59. The average molecular weight is 1610 g/mol. The van der Waals surface area contributed by atoms with Crippen LogP contribution in [0.1, 0.15) is 32.3 Å². The second-order valence-electron chi connectivity index (χ2n) is 18.2. The van der Waals surface area contributed by atoms with Gasteiger partial charge in [-0.1, -0.05) is 30.3 Å². The Labute approximate surface area is 587 Å². The molecule has 0 aliphatic carbocycles. The van der Waals surface area contributed by atoms with Crippen LogP contribution in [-0.4, -0.2) is 252 Å². The van der Waals surface area contributed by atoms with E-state index in [2.05, 4.69) is 77.5 Å². The molecule has 0 N–H and O–H groups in total. The van der Waals surface area contributed by atoms with E-state index in [1.807, 2.05) is 50.2 Å². The molecular formula is C49H65F6NO38S7. The summed E-state index contributed by atoms with van der Waals surface area (Å²) in [5.74, 6) is -9.55. The molecule has 7 aliphatic heterocycles. The highest BCUT2D eigenvalue weighted by Crippen LogP contribution is 2.24. The molecule has 0 amide bonds. The molecule has 0 spiro atoms. The van der Waals surface area contributed by atoms with Crippen LogP contribution in [0.5, 0.6) is 0 Å². The fraction of sp³-hybridized carbons (Fsp3) is 0.673. The third-order valence-corrected chi connectivity index (χ3v) is 15.4. The lowest BCUT2D eigenvalue weighted by atomic mass is 10.2. The molecule has 101 heavy (non-hydrogen) atoms. The number of nitriles is 1. The molecule has 7 heterocycles. The van der Waals surface area contributed by atoms with Crippen LogP contribution < -0.4 is 0 Å². The van der Waals surface area contributed by atoms with Gasteiger partial charge in [-0.3, -0.25) is 58.6 Å². The Kier molecular flexibility index (Phi) is 47.8. The maximum Gasteiger partial charge on any atom is 0.340 e. The number of methoxy groups -OCH3 is 2. The van der Waals surface area contributed by atoms with Crippen LogP contribution in [0.4, 0.5) is 26.3 Å². The molecule has 0 aromatic heterocycles. The summed E-state index contributed by atoms with van der Waals surface area (Å²) in [5.41, 5.74) is 0.885. The molecule has 39 nitrogen and oxygen atoms in total. The minimum atomic E-state index is -4.42. The second-order valence-corrected chi connectivity index (χ2v) is 24.1. The zero-order chi connectivity index (χ0) is 75.3. The van der Waals surface area contributed by atoms with Gasteiger partial charge in [0.15, 0.2) is 49.3 Å². The number of hydrogen-bond donors (Lipinski definition) is 0. The maximum atomic E-state index is 12.3. The van der Waals surface area contributed by atoms with Crippen LogP contribution in [0, 0.1) is 11.3 Å². The Hall–Kier alpha value is -5.31. The van der Waals surface area contributed by atoms with Gasteiger partial charge in [-0.2, -0.15) is 52.3 Å². The zero-order valence-corrected chi connectivity index (χ0v) is 58.4. The van der Waals surface area contributed by atoms with Crippen molar-refractivity contribution in [2.45, 2.75) is 94.5 Å². The van der Waals surface area contributed by atoms with Gasteiger partial charge in [-0.05, 0) is 19.4 Å². The number of rotatable bonds is 27. The van der Waals surface area contributed by atoms with Crippen molar-refractivity contribution in [2.75, 3.05) is 120 Å². The van der Waals surface area contributed by atoms with E-state index >= 15 is 0 Å². The van der Waals surface area contributed by atoms with E-state index in [0.717, 1.165) is 5.56 Å². The minimum absolute atomic E-state index is 0.0157. The highest BCUT2D eigenvalue weighted by molar-refractivity contribution is 7.76. The van der Waals surface area contributed by atoms with Gasteiger partial charge in [0.1, 0.15) is 79.3 Å². The smallest absolute Gasteiger partial charge is 0.340 e. The van der Waals surface area contributed by atoms with Crippen molar-refractivity contribution in [1.82, 2.24) is 0 Å². The zero-order valence-electron chi connectivity index (χ0n) is 52.7. The Morgan fingerprint density at radius 2 is 0.812 bits per heavy atom. The molecule has 0 bridgehead atoms. The lowest BCUT2D eigenvalue weighted by Gasteiger charge is -2.15. The van der Waals surface area contributed by atoms with Crippen LogP contribution in [0.3, 0.4) is 0 Å². The van der Waals surface area contributed by atoms with Crippen molar-refractivity contribution in [1.29, 1.82) is 5.26 Å². The molecule has 52 heteroatoms. The van der Waals surface area contributed by atoms with Crippen molar-refractivity contribution in [3.05, 3.63) is 48.1 Å². The predicted octanol–water partition coefficient (Wildman–Crippen LogP) is -0.432. The van der Waals surface area contributed by atoms with E-state index in [1.165, 1.54) is 7.11 Å². The minimum Gasteiger partial charge on any atom is -0.464 e. The maximum absolute atomic E-state index is 12.3. The molecule has 1 aromatic carbocycles. The number of benzene rings is 1. The molecule has 14 atom stereocenters. The quantitative estimate of drug-likeness (QED) is 0.0467. The topological polar surface area (TPSA) is 484 Å². The van der Waals surface area contributed by atoms with Crippen molar-refractivity contribution in [3.8, 4) is 6.07 Å². The van der Waals surface area contributed by atoms with Gasteiger partial charge in [0, 0.05) is 33.3 Å². The monoisotopic (exact) mass is 1610 g/mol. The van der Waals surface area contributed by atoms with Crippen LogP contribution in [0.15, 0.2) is 42.5 Å². The molecule has 8 rings (SSSR count). The van der Waals surface area contributed by atoms with Crippen molar-refractivity contribution in [2.24, 2.45) is 0 Å². The molecule has 7 saturated heterocycles. The van der Waals surface area contributed by atoms with E-state index < -0.39 is 202 Å². The SMILES string of the molecule is CC(C)OCCOC(=O)C1COS(=O)O1.COCCCOC(=O)C1COS(=O)O1.COCCOC(=O)C1COS(=O)O1.N#CCCOC(=O)C1COS(=O)O1.O=C(OCC(F)(F)C(F)F)C1COS(=O)O1.O=C(OCC=C(F)F)C1COS(=O)O1.O=C(OCc1ccccc1)C1COS(=O)O1. The first-order valence-electron chi connectivity index (χ1n) is 27.9. The lowest BCUT2D eigenvalue weighted by molar-refractivity contribution is -0.184. The summed E-state index contributed by atoms with van der Waals surface area (Å²) in [5, 5.41) is 8.14. The number of nitrogens with zero attached hydrogens (tertiary/aromatic N) is 1. The summed E-state index contributed by atoms with van der Waals surface area (Å²) in [4.78, 5) is 77.7. The summed E-state index contributed by atoms with van der Waals surface area (Å²) in [6, 6.07) is 11.1. The van der Waals surface area contributed by atoms with Crippen molar-refractivity contribution >= 4 is 121 Å². The number of carbonyl (C=O) groups is 7. The second kappa shape index (κ2) is 52.6. The number of halogens is 6. The summed E-state index contributed by atoms with van der Waals surface area (Å²) in [7, 11) is 3.07. The largest absolute Gasteiger partial charge is 0.464 e. The molecule has 0 radical (unpaired) electrons. The number of ether oxygens (including phenoxy) is 10. The Bertz CT molecular complexity index is 2980. The number of esters is 7. The van der Waals surface area contributed by atoms with E-state index in [9.17, 15) is 89.4 Å². The number of hydrogen-bond acceptors (Lipinski definition) is 39. The molecule has 7 aliphatic rings. The van der Waals surface area contributed by atoms with Gasteiger partial charge in [0.05, 0.1) is 38.4 Å². The standard InChI is InChI=1S/C10H10O5S.C8H14O6S.C7H12O6S.C6H6F4O5S.C6H6F2O5S.C6H7NO5S.C6H10O6S/c11-10(9-7-14-16(12)15-9)13-6-8-4-2-1-3-5-8;1-6(2)11-3-4-12-8(9)7-5-13-15(10)14-7;1-10-3-2-4-11-7(8)6-5-12-14(9)13-6;7-5(8)6(9,10)2-13-4(11)3-1-14-16(12)15-3;7-5(8)1-2-11-6(9)4-3-12-14(10)13-4;7-2-1-3-10-6(8)5-4-11-13(9)12-5;1-9-2-3-10-6(7)5-4-11-13(8)12-5/h1-5,9H,6-7H2;6-7H,3-5H2,1-2H3;6H,2-5H2,1H3;3,5H,1-2H2;1,4H,2-3H2;5H,1,3-4H2;5H,2-4H2,1H3. The van der Waals surface area contributed by atoms with Crippen LogP contribution >= 0.6 is 0 Å². The van der Waals surface area contributed by atoms with Crippen LogP contribution in [-0.2, 0) is 226 Å². The van der Waals surface area contributed by atoms with E-state index in [0.29, 0.717) is 32.3 Å². The molecule has 578 valence electrons. The van der Waals surface area contributed by atoms with Crippen molar-refractivity contribution in [3.63, 3.8) is 0 Å². The fourth-order valence-electron chi connectivity index (χ4n) is 5.65. The molecular weight excluding hydrogens is 1550 g/mol. The normalized spacial score (nSPS) is 26.0. The van der Waals surface area contributed by atoms with Gasteiger partial charge < -0.3 is 47.4 Å². The van der Waals surface area contributed by atoms with Crippen molar-refractivity contribution < 1.29 is 195 Å². The number of alkyl halides is 4. The fourth-order valence-corrected chi connectivity index (χ4v) is 9.95. The van der Waals surface area contributed by atoms with E-state index in [4.69, 9.17) is 33.7 Å². The van der Waals surface area contributed by atoms with Crippen LogP contribution in [0.25, 0.3) is 0 Å². The Morgan fingerprint density at radius 3 is 1.13 bits per heavy atom. The third-order valence-electron chi connectivity index (χ3n) is 10.3. The average Bonchev–Trinajstić information content (AvgIpc) is 1.94. The molecule has 1 aromatic rings. The van der Waals surface area contributed by atoms with Crippen LogP contribution in [0.2, 0.25) is 0 Å². The lowest BCUT2D eigenvalue weighted by Crippen LogP contribution is -2.36. The van der Waals surface area contributed by atoms with E-state index in [-0.39, 0.29) is 85.2 Å². The van der Waals surface area contributed by atoms with Gasteiger partial charge in [-0.25, -0.2) is 42.3 Å². The van der Waals surface area contributed by atoms with E-state index in [1.54, 1.807) is 7.11 Å². The predicted molar refractivity (Wildman–Crippen MR) is 316 cm³/mol. The van der Waals surface area contributed by atoms with Gasteiger partial charge in [0.2, 0.25) is 0 Å². The summed E-state index contributed by atoms with van der Waals surface area (Å²) >= 11 is -13.2. The number of carbonyl (C=O) groups excluding carboxylic acids is 7. The summed E-state index contributed by atoms with van der Waals surface area (Å²) < 4.78 is 255. The highest BCUT2D eigenvalue weighted by Gasteiger charge is 2.44. The molecule has 0 saturated carbocycles. The highest BCUT2D eigenvalue weighted by atomic mass is 32.2. The first kappa shape index (κ1) is 91.8. The Balaban J connectivity index is 0.000000401. The molecule has 14 unspecified atom stereocenters. The van der Waals surface area contributed by atoms with Gasteiger partial charge >= 0.3 is 134 Å². The third kappa shape index (κ3) is 41.7. The first-order valence-corrected chi connectivity index (χ1v) is 34.9.